The molecule has 3 aromatic carbocycles. The van der Waals surface area contributed by atoms with Crippen molar-refractivity contribution in [2.75, 3.05) is 13.7 Å². The Morgan fingerprint density at radius 2 is 1.74 bits per heavy atom. The molecular weight excluding hydrogens is 601 g/mol. The third kappa shape index (κ3) is 7.42. The van der Waals surface area contributed by atoms with Gasteiger partial charge in [-0.3, -0.25) is 4.79 Å². The molecule has 0 fully saturated rings. The minimum atomic E-state index is -4.09. The van der Waals surface area contributed by atoms with Crippen LogP contribution in [-0.4, -0.2) is 38.5 Å². The van der Waals surface area contributed by atoms with E-state index in [0.717, 1.165) is 8.78 Å². The van der Waals surface area contributed by atoms with Gasteiger partial charge in [-0.15, -0.1) is 0 Å². The number of nitrogens with one attached hydrogen (secondary N) is 1. The number of ether oxygens (including phenoxy) is 1. The van der Waals surface area contributed by atoms with Crippen LogP contribution in [0.3, 0.4) is 0 Å². The predicted octanol–water partition coefficient (Wildman–Crippen LogP) is 5.76. The second-order valence-corrected chi connectivity index (χ2v) is 11.3. The molecule has 0 bridgehead atoms. The van der Waals surface area contributed by atoms with Gasteiger partial charge in [-0.2, -0.15) is 9.41 Å². The minimum Gasteiger partial charge on any atom is -0.496 e. The number of methoxy groups -OCH3 is 1. The van der Waals surface area contributed by atoms with Gasteiger partial charge in [0.15, 0.2) is 0 Å². The standard InChI is InChI=1S/C23H19BrCl3N3O4S/c1-34-22-9-3-17(24)10-16(22)12-28-29-23(31)14-30(13-15-2-4-19(26)11-21(15)27)35(32,33)20-7-5-18(25)6-8-20/h2-12H,13-14H2,1H3,(H,29,31)/b28-12-. The van der Waals surface area contributed by atoms with E-state index in [1.165, 1.54) is 43.7 Å². The van der Waals surface area contributed by atoms with Crippen LogP contribution in [0.15, 0.2) is 75.1 Å². The molecule has 0 aliphatic rings. The first-order valence-corrected chi connectivity index (χ1v) is 13.3. The van der Waals surface area contributed by atoms with Crippen LogP contribution in [0.1, 0.15) is 11.1 Å². The average molecular weight is 620 g/mol. The van der Waals surface area contributed by atoms with Crippen LogP contribution in [-0.2, 0) is 21.4 Å². The van der Waals surface area contributed by atoms with E-state index < -0.39 is 22.5 Å². The van der Waals surface area contributed by atoms with Crippen LogP contribution in [0.2, 0.25) is 15.1 Å². The SMILES string of the molecule is COc1ccc(Br)cc1/C=N\NC(=O)CN(Cc1ccc(Cl)cc1Cl)S(=O)(=O)c1ccc(Cl)cc1. The lowest BCUT2D eigenvalue weighted by atomic mass is 10.2. The van der Waals surface area contributed by atoms with E-state index in [1.807, 2.05) is 0 Å². The normalized spacial score (nSPS) is 11.7. The van der Waals surface area contributed by atoms with E-state index in [1.54, 1.807) is 30.3 Å². The van der Waals surface area contributed by atoms with Crippen molar-refractivity contribution in [3.8, 4) is 5.75 Å². The number of hydrazone groups is 1. The molecule has 0 aromatic heterocycles. The number of carbonyl (C=O) groups is 1. The summed E-state index contributed by atoms with van der Waals surface area (Å²) in [6, 6.07) is 15.6. The topological polar surface area (TPSA) is 88.1 Å². The summed E-state index contributed by atoms with van der Waals surface area (Å²) in [4.78, 5) is 12.7. The van der Waals surface area contributed by atoms with E-state index in [4.69, 9.17) is 39.5 Å². The van der Waals surface area contributed by atoms with Gasteiger partial charge < -0.3 is 4.74 Å². The Balaban J connectivity index is 1.84. The molecule has 0 saturated heterocycles. The van der Waals surface area contributed by atoms with Crippen molar-refractivity contribution in [3.05, 3.63) is 91.3 Å². The number of sulfonamides is 1. The van der Waals surface area contributed by atoms with Crippen LogP contribution >= 0.6 is 50.7 Å². The second kappa shape index (κ2) is 12.2. The van der Waals surface area contributed by atoms with E-state index >= 15 is 0 Å². The van der Waals surface area contributed by atoms with Gasteiger partial charge in [0.05, 0.1) is 24.8 Å². The van der Waals surface area contributed by atoms with E-state index in [0.29, 0.717) is 26.9 Å². The monoisotopic (exact) mass is 617 g/mol. The molecule has 0 heterocycles. The summed E-state index contributed by atoms with van der Waals surface area (Å²) < 4.78 is 33.8. The summed E-state index contributed by atoms with van der Waals surface area (Å²) >= 11 is 21.5. The van der Waals surface area contributed by atoms with Gasteiger partial charge in [-0.25, -0.2) is 13.8 Å². The first-order valence-electron chi connectivity index (χ1n) is 9.95. The van der Waals surface area contributed by atoms with Crippen LogP contribution in [0, 0.1) is 0 Å². The number of halogens is 4. The zero-order valence-electron chi connectivity index (χ0n) is 18.2. The Morgan fingerprint density at radius 3 is 2.40 bits per heavy atom. The molecule has 0 aliphatic heterocycles. The number of rotatable bonds is 9. The fourth-order valence-corrected chi connectivity index (χ4v) is 5.34. The lowest BCUT2D eigenvalue weighted by molar-refractivity contribution is -0.121. The van der Waals surface area contributed by atoms with Crippen molar-refractivity contribution in [2.24, 2.45) is 5.10 Å². The summed E-state index contributed by atoms with van der Waals surface area (Å²) in [7, 11) is -2.57. The molecule has 0 saturated carbocycles. The number of amides is 1. The van der Waals surface area contributed by atoms with Gasteiger partial charge in [0, 0.05) is 31.6 Å². The summed E-state index contributed by atoms with van der Waals surface area (Å²) in [5.74, 6) is -0.103. The van der Waals surface area contributed by atoms with Gasteiger partial charge in [0.1, 0.15) is 5.75 Å². The predicted molar refractivity (Wildman–Crippen MR) is 142 cm³/mol. The lowest BCUT2D eigenvalue weighted by Crippen LogP contribution is -2.39. The van der Waals surface area contributed by atoms with Crippen molar-refractivity contribution in [2.45, 2.75) is 11.4 Å². The lowest BCUT2D eigenvalue weighted by Gasteiger charge is -2.22. The fourth-order valence-electron chi connectivity index (χ4n) is 3.00. The smallest absolute Gasteiger partial charge is 0.255 e. The molecule has 35 heavy (non-hydrogen) atoms. The van der Waals surface area contributed by atoms with Gasteiger partial charge in [0.25, 0.3) is 5.91 Å². The van der Waals surface area contributed by atoms with Gasteiger partial charge >= 0.3 is 0 Å². The Bertz CT molecular complexity index is 1350. The zero-order chi connectivity index (χ0) is 25.6. The third-order valence-corrected chi connectivity index (χ3v) is 7.86. The molecule has 0 spiro atoms. The van der Waals surface area contributed by atoms with E-state index in [9.17, 15) is 13.2 Å². The molecule has 0 aliphatic carbocycles. The van der Waals surface area contributed by atoms with Gasteiger partial charge in [-0.1, -0.05) is 56.8 Å². The molecular formula is C23H19BrCl3N3O4S. The van der Waals surface area contributed by atoms with Gasteiger partial charge in [-0.05, 0) is 60.2 Å². The molecule has 0 radical (unpaired) electrons. The number of benzene rings is 3. The van der Waals surface area contributed by atoms with E-state index in [2.05, 4.69) is 26.5 Å². The van der Waals surface area contributed by atoms with Gasteiger partial charge in [0.2, 0.25) is 10.0 Å². The summed E-state index contributed by atoms with van der Waals surface area (Å²) in [6.07, 6.45) is 1.40. The number of hydrogen-bond acceptors (Lipinski definition) is 5. The zero-order valence-corrected chi connectivity index (χ0v) is 22.9. The Morgan fingerprint density at radius 1 is 1.06 bits per heavy atom. The highest BCUT2D eigenvalue weighted by molar-refractivity contribution is 9.10. The quantitative estimate of drug-likeness (QED) is 0.244. The summed E-state index contributed by atoms with van der Waals surface area (Å²) in [5, 5.41) is 5.00. The highest BCUT2D eigenvalue weighted by Crippen LogP contribution is 2.26. The molecule has 1 N–H and O–H groups in total. The second-order valence-electron chi connectivity index (χ2n) is 7.14. The molecule has 7 nitrogen and oxygen atoms in total. The Labute approximate surface area is 226 Å². The molecule has 0 unspecified atom stereocenters. The Hall–Kier alpha value is -2.14. The summed E-state index contributed by atoms with van der Waals surface area (Å²) in [6.45, 7) is -0.686. The molecule has 12 heteroatoms. The van der Waals surface area contributed by atoms with Crippen molar-refractivity contribution < 1.29 is 17.9 Å². The van der Waals surface area contributed by atoms with Crippen LogP contribution in [0.4, 0.5) is 0 Å². The molecule has 184 valence electrons. The first-order chi connectivity index (χ1) is 16.6. The molecule has 0 atom stereocenters. The largest absolute Gasteiger partial charge is 0.496 e. The molecule has 1 amide bonds. The highest BCUT2D eigenvalue weighted by atomic mass is 79.9. The fraction of sp³-hybridized carbons (Fsp3) is 0.130. The maximum absolute atomic E-state index is 13.4. The van der Waals surface area contributed by atoms with Crippen molar-refractivity contribution in [3.63, 3.8) is 0 Å². The summed E-state index contributed by atoms with van der Waals surface area (Å²) in [5.41, 5.74) is 3.44. The minimum absolute atomic E-state index is 0.0258. The third-order valence-electron chi connectivity index (χ3n) is 4.72. The number of nitrogens with zero attached hydrogens (tertiary/aromatic N) is 2. The highest BCUT2D eigenvalue weighted by Gasteiger charge is 2.27. The maximum Gasteiger partial charge on any atom is 0.255 e. The first kappa shape index (κ1) is 27.4. The van der Waals surface area contributed by atoms with E-state index in [-0.39, 0.29) is 16.5 Å². The van der Waals surface area contributed by atoms with Crippen molar-refractivity contribution >= 4 is 72.9 Å². The van der Waals surface area contributed by atoms with Crippen molar-refractivity contribution in [1.29, 1.82) is 0 Å². The van der Waals surface area contributed by atoms with Crippen molar-refractivity contribution in [1.82, 2.24) is 9.73 Å². The van der Waals surface area contributed by atoms with Crippen LogP contribution in [0.5, 0.6) is 5.75 Å². The van der Waals surface area contributed by atoms with Crippen LogP contribution in [0.25, 0.3) is 0 Å². The number of carbonyl (C=O) groups excluding carboxylic acids is 1. The molecule has 3 rings (SSSR count). The number of hydrogen-bond donors (Lipinski definition) is 1. The Kier molecular flexibility index (Phi) is 9.57. The molecule has 3 aromatic rings. The average Bonchev–Trinajstić information content (AvgIpc) is 2.80. The van der Waals surface area contributed by atoms with Crippen LogP contribution < -0.4 is 10.2 Å². The maximum atomic E-state index is 13.4.